The highest BCUT2D eigenvalue weighted by atomic mass is 32.2. The second-order valence-electron chi connectivity index (χ2n) is 4.30. The summed E-state index contributed by atoms with van der Waals surface area (Å²) in [5, 5.41) is 17.8. The van der Waals surface area contributed by atoms with Crippen LogP contribution in [0.15, 0.2) is 35.5 Å². The minimum atomic E-state index is -0.787. The molecule has 1 heterocycles. The predicted octanol–water partition coefficient (Wildman–Crippen LogP) is 2.46. The minimum absolute atomic E-state index is 0.134. The smallest absolute Gasteiger partial charge is 0.304 e. The van der Waals surface area contributed by atoms with Crippen molar-refractivity contribution in [1.82, 2.24) is 14.8 Å². The van der Waals surface area contributed by atoms with E-state index >= 15 is 0 Å². The quantitative estimate of drug-likeness (QED) is 0.794. The fourth-order valence-electron chi connectivity index (χ4n) is 1.88. The van der Waals surface area contributed by atoms with Gasteiger partial charge in [-0.1, -0.05) is 42.1 Å². The Morgan fingerprint density at radius 1 is 1.30 bits per heavy atom. The van der Waals surface area contributed by atoms with Crippen LogP contribution < -0.4 is 0 Å². The molecule has 0 saturated carbocycles. The second kappa shape index (κ2) is 7.09. The highest BCUT2D eigenvalue weighted by Crippen LogP contribution is 2.19. The number of carbonyl (C=O) groups is 1. The SMILES string of the molecule is CCn1c(Cc2ccccc2)nnc1SCCC(=O)O. The number of rotatable bonds is 7. The molecule has 0 fully saturated rings. The summed E-state index contributed by atoms with van der Waals surface area (Å²) in [4.78, 5) is 10.5. The zero-order valence-electron chi connectivity index (χ0n) is 11.3. The van der Waals surface area contributed by atoms with Crippen LogP contribution in [-0.2, 0) is 17.8 Å². The van der Waals surface area contributed by atoms with Crippen LogP contribution >= 0.6 is 11.8 Å². The first-order valence-corrected chi connectivity index (χ1v) is 7.50. The maximum absolute atomic E-state index is 10.5. The number of aromatic nitrogens is 3. The lowest BCUT2D eigenvalue weighted by Crippen LogP contribution is -2.05. The average Bonchev–Trinajstić information content (AvgIpc) is 2.81. The van der Waals surface area contributed by atoms with Gasteiger partial charge in [-0.15, -0.1) is 10.2 Å². The molecule has 0 aliphatic carbocycles. The number of aliphatic carboxylic acids is 1. The number of benzene rings is 1. The molecule has 2 aromatic rings. The first kappa shape index (κ1) is 14.6. The lowest BCUT2D eigenvalue weighted by molar-refractivity contribution is -0.136. The van der Waals surface area contributed by atoms with Crippen LogP contribution in [0.3, 0.4) is 0 Å². The van der Waals surface area contributed by atoms with Crippen molar-refractivity contribution in [1.29, 1.82) is 0 Å². The lowest BCUT2D eigenvalue weighted by atomic mass is 10.1. The van der Waals surface area contributed by atoms with Gasteiger partial charge in [0.15, 0.2) is 5.16 Å². The van der Waals surface area contributed by atoms with Gasteiger partial charge in [-0.3, -0.25) is 4.79 Å². The third-order valence-electron chi connectivity index (χ3n) is 2.86. The van der Waals surface area contributed by atoms with Crippen molar-refractivity contribution in [2.24, 2.45) is 0 Å². The van der Waals surface area contributed by atoms with Crippen LogP contribution in [-0.4, -0.2) is 31.6 Å². The highest BCUT2D eigenvalue weighted by Gasteiger charge is 2.12. The van der Waals surface area contributed by atoms with Gasteiger partial charge in [-0.25, -0.2) is 0 Å². The minimum Gasteiger partial charge on any atom is -0.481 e. The van der Waals surface area contributed by atoms with Crippen LogP contribution in [0, 0.1) is 0 Å². The lowest BCUT2D eigenvalue weighted by Gasteiger charge is -2.06. The summed E-state index contributed by atoms with van der Waals surface area (Å²) < 4.78 is 2.04. The molecule has 106 valence electrons. The van der Waals surface area contributed by atoms with E-state index in [1.165, 1.54) is 17.3 Å². The number of thioether (sulfide) groups is 1. The molecule has 2 rings (SSSR count). The first-order chi connectivity index (χ1) is 9.70. The van der Waals surface area contributed by atoms with Gasteiger partial charge in [-0.2, -0.15) is 0 Å². The van der Waals surface area contributed by atoms with E-state index in [1.54, 1.807) is 0 Å². The first-order valence-electron chi connectivity index (χ1n) is 6.51. The van der Waals surface area contributed by atoms with Crippen molar-refractivity contribution in [2.45, 2.75) is 31.5 Å². The summed E-state index contributed by atoms with van der Waals surface area (Å²) in [5.74, 6) is 0.639. The van der Waals surface area contributed by atoms with Crippen molar-refractivity contribution in [3.05, 3.63) is 41.7 Å². The number of carboxylic acids is 1. The van der Waals surface area contributed by atoms with E-state index in [0.717, 1.165) is 23.9 Å². The third-order valence-corrected chi connectivity index (χ3v) is 3.83. The number of nitrogens with zero attached hydrogens (tertiary/aromatic N) is 3. The van der Waals surface area contributed by atoms with Crippen molar-refractivity contribution in [3.8, 4) is 0 Å². The third kappa shape index (κ3) is 3.84. The Labute approximate surface area is 122 Å². The van der Waals surface area contributed by atoms with Crippen LogP contribution in [0.5, 0.6) is 0 Å². The molecule has 1 aromatic heterocycles. The van der Waals surface area contributed by atoms with E-state index < -0.39 is 5.97 Å². The fraction of sp³-hybridized carbons (Fsp3) is 0.357. The largest absolute Gasteiger partial charge is 0.481 e. The van der Waals surface area contributed by atoms with Crippen molar-refractivity contribution >= 4 is 17.7 Å². The van der Waals surface area contributed by atoms with E-state index in [4.69, 9.17) is 5.11 Å². The summed E-state index contributed by atoms with van der Waals surface area (Å²) in [6.45, 7) is 2.82. The van der Waals surface area contributed by atoms with E-state index in [9.17, 15) is 4.79 Å². The summed E-state index contributed by atoms with van der Waals surface area (Å²) in [5.41, 5.74) is 1.19. The van der Waals surface area contributed by atoms with Crippen molar-refractivity contribution in [3.63, 3.8) is 0 Å². The van der Waals surface area contributed by atoms with Gasteiger partial charge >= 0.3 is 5.97 Å². The molecule has 0 saturated heterocycles. The normalized spacial score (nSPS) is 10.7. The maximum atomic E-state index is 10.5. The molecule has 5 nitrogen and oxygen atoms in total. The van der Waals surface area contributed by atoms with Gasteiger partial charge in [0.1, 0.15) is 5.82 Å². The summed E-state index contributed by atoms with van der Waals surface area (Å²) in [6.07, 6.45) is 0.871. The van der Waals surface area contributed by atoms with Crippen molar-refractivity contribution in [2.75, 3.05) is 5.75 Å². The fourth-order valence-corrected chi connectivity index (χ4v) is 2.83. The summed E-state index contributed by atoms with van der Waals surface area (Å²) >= 11 is 1.44. The highest BCUT2D eigenvalue weighted by molar-refractivity contribution is 7.99. The van der Waals surface area contributed by atoms with Gasteiger partial charge < -0.3 is 9.67 Å². The molecule has 1 aromatic carbocycles. The van der Waals surface area contributed by atoms with E-state index in [0.29, 0.717) is 5.75 Å². The molecule has 6 heteroatoms. The molecule has 20 heavy (non-hydrogen) atoms. The summed E-state index contributed by atoms with van der Waals surface area (Å²) in [7, 11) is 0. The molecule has 0 radical (unpaired) electrons. The number of hydrogen-bond acceptors (Lipinski definition) is 4. The van der Waals surface area contributed by atoms with Crippen LogP contribution in [0.4, 0.5) is 0 Å². The molecule has 1 N–H and O–H groups in total. The molecular formula is C14H17N3O2S. The maximum Gasteiger partial charge on any atom is 0.304 e. The Bertz CT molecular complexity index is 569. The predicted molar refractivity (Wildman–Crippen MR) is 77.9 cm³/mol. The van der Waals surface area contributed by atoms with Gasteiger partial charge in [0.05, 0.1) is 6.42 Å². The monoisotopic (exact) mass is 291 g/mol. The molecule has 0 unspecified atom stereocenters. The van der Waals surface area contributed by atoms with E-state index in [1.807, 2.05) is 29.7 Å². The number of hydrogen-bond donors (Lipinski definition) is 1. The topological polar surface area (TPSA) is 68.0 Å². The zero-order valence-corrected chi connectivity index (χ0v) is 12.1. The molecule has 0 spiro atoms. The molecule has 0 bridgehead atoms. The Balaban J connectivity index is 2.07. The van der Waals surface area contributed by atoms with Crippen LogP contribution in [0.2, 0.25) is 0 Å². The van der Waals surface area contributed by atoms with Gasteiger partial charge in [0.2, 0.25) is 0 Å². The Morgan fingerprint density at radius 2 is 2.05 bits per heavy atom. The van der Waals surface area contributed by atoms with Crippen LogP contribution in [0.1, 0.15) is 24.7 Å². The van der Waals surface area contributed by atoms with Gasteiger partial charge in [-0.05, 0) is 12.5 Å². The average molecular weight is 291 g/mol. The molecular weight excluding hydrogens is 274 g/mol. The zero-order chi connectivity index (χ0) is 14.4. The molecule has 0 aliphatic heterocycles. The van der Waals surface area contributed by atoms with Gasteiger partial charge in [0.25, 0.3) is 0 Å². The van der Waals surface area contributed by atoms with Crippen LogP contribution in [0.25, 0.3) is 0 Å². The number of carboxylic acid groups (broad SMARTS) is 1. The van der Waals surface area contributed by atoms with E-state index in [-0.39, 0.29) is 6.42 Å². The van der Waals surface area contributed by atoms with Crippen molar-refractivity contribution < 1.29 is 9.90 Å². The Kier molecular flexibility index (Phi) is 5.17. The Hall–Kier alpha value is -1.82. The molecule has 0 atom stereocenters. The van der Waals surface area contributed by atoms with E-state index in [2.05, 4.69) is 22.3 Å². The molecule has 0 amide bonds. The second-order valence-corrected chi connectivity index (χ2v) is 5.36. The summed E-state index contributed by atoms with van der Waals surface area (Å²) in [6, 6.07) is 10.1. The Morgan fingerprint density at radius 3 is 2.70 bits per heavy atom. The molecule has 0 aliphatic rings. The standard InChI is InChI=1S/C14H17N3O2S/c1-2-17-12(10-11-6-4-3-5-7-11)15-16-14(17)20-9-8-13(18)19/h3-7H,2,8-10H2,1H3,(H,18,19). The van der Waals surface area contributed by atoms with Gasteiger partial charge in [0, 0.05) is 18.7 Å².